The van der Waals surface area contributed by atoms with E-state index >= 15 is 0 Å². The number of carbonyl (C=O) groups excluding carboxylic acids is 2. The molecule has 11 heteroatoms. The second-order valence-corrected chi connectivity index (χ2v) is 6.45. The van der Waals surface area contributed by atoms with Crippen LogP contribution in [0.25, 0.3) is 5.69 Å². The first-order valence-electron chi connectivity index (χ1n) is 6.55. The molecule has 0 saturated heterocycles. The van der Waals surface area contributed by atoms with E-state index in [4.69, 9.17) is 17.3 Å². The number of hydrogen-bond donors (Lipinski definition) is 2. The number of hydrogen-bond acceptors (Lipinski definition) is 5. The van der Waals surface area contributed by atoms with Gasteiger partial charge < -0.3 is 5.73 Å². The highest BCUT2D eigenvalue weighted by Gasteiger charge is 2.32. The molecular formula is C14H7ClF3N3O3S. The Hall–Kier alpha value is -2.46. The number of amides is 2. The molecule has 0 spiro atoms. The Kier molecular flexibility index (Phi) is 4.04. The Morgan fingerprint density at radius 1 is 1.12 bits per heavy atom. The molecular weight excluding hydrogens is 383 g/mol. The van der Waals surface area contributed by atoms with Crippen molar-refractivity contribution in [2.24, 2.45) is 0 Å². The van der Waals surface area contributed by atoms with Crippen LogP contribution in [0.4, 0.5) is 19.0 Å². The van der Waals surface area contributed by atoms with Gasteiger partial charge in [0.2, 0.25) is 0 Å². The van der Waals surface area contributed by atoms with Crippen molar-refractivity contribution in [2.45, 2.75) is 10.4 Å². The van der Waals surface area contributed by atoms with E-state index in [9.17, 15) is 27.6 Å². The van der Waals surface area contributed by atoms with Crippen molar-refractivity contribution in [3.05, 3.63) is 50.8 Å². The molecule has 0 saturated carbocycles. The molecule has 3 rings (SSSR count). The minimum Gasteiger partial charge on any atom is -0.384 e. The lowest BCUT2D eigenvalue weighted by atomic mass is 10.1. The molecule has 0 fully saturated rings. The van der Waals surface area contributed by atoms with E-state index in [-0.39, 0.29) is 32.6 Å². The normalized spacial score (nSPS) is 13.8. The number of nitrogens with two attached hydrogens (primary N) is 1. The molecule has 1 aliphatic rings. The van der Waals surface area contributed by atoms with Gasteiger partial charge in [0.25, 0.3) is 17.4 Å². The molecule has 2 aromatic rings. The number of nitrogens with zero attached hydrogens (tertiary/aromatic N) is 1. The lowest BCUT2D eigenvalue weighted by Gasteiger charge is -2.14. The Morgan fingerprint density at radius 3 is 2.40 bits per heavy atom. The number of thioether (sulfide) groups is 1. The van der Waals surface area contributed by atoms with Crippen molar-refractivity contribution in [3.63, 3.8) is 0 Å². The number of halogens is 4. The number of anilines is 1. The first kappa shape index (κ1) is 17.4. The van der Waals surface area contributed by atoms with Crippen molar-refractivity contribution < 1.29 is 22.8 Å². The van der Waals surface area contributed by atoms with Crippen LogP contribution in [0.5, 0.6) is 0 Å². The summed E-state index contributed by atoms with van der Waals surface area (Å²) in [5.41, 5.74) is 0.321. The highest BCUT2D eigenvalue weighted by Crippen LogP contribution is 2.40. The predicted molar refractivity (Wildman–Crippen MR) is 85.2 cm³/mol. The van der Waals surface area contributed by atoms with Crippen LogP contribution in [0.2, 0.25) is 5.02 Å². The van der Waals surface area contributed by atoms with E-state index in [1.54, 1.807) is 0 Å². The minimum absolute atomic E-state index is 0.0639. The number of carbonyl (C=O) groups is 2. The molecule has 1 aromatic carbocycles. The van der Waals surface area contributed by atoms with Crippen molar-refractivity contribution in [1.82, 2.24) is 9.88 Å². The summed E-state index contributed by atoms with van der Waals surface area (Å²) in [4.78, 5) is 35.4. The van der Waals surface area contributed by atoms with Gasteiger partial charge in [0.1, 0.15) is 5.82 Å². The van der Waals surface area contributed by atoms with Crippen LogP contribution in [0.1, 0.15) is 20.7 Å². The number of fused-ring (bicyclic) bond motifs is 1. The fourth-order valence-electron chi connectivity index (χ4n) is 2.38. The summed E-state index contributed by atoms with van der Waals surface area (Å²) >= 11 is 5.45. The molecule has 25 heavy (non-hydrogen) atoms. The van der Waals surface area contributed by atoms with Gasteiger partial charge in [0.05, 0.1) is 21.8 Å². The smallest absolute Gasteiger partial charge is 0.384 e. The third kappa shape index (κ3) is 3.10. The number of alkyl halides is 3. The summed E-state index contributed by atoms with van der Waals surface area (Å²) in [5.74, 6) is -1.81. The van der Waals surface area contributed by atoms with Crippen LogP contribution in [0.15, 0.2) is 34.0 Å². The Labute approximate surface area is 146 Å². The topological polar surface area (TPSA) is 94.2 Å². The van der Waals surface area contributed by atoms with Crippen molar-refractivity contribution in [3.8, 4) is 5.69 Å². The van der Waals surface area contributed by atoms with Gasteiger partial charge in [-0.15, -0.1) is 0 Å². The summed E-state index contributed by atoms with van der Waals surface area (Å²) in [7, 11) is 0. The summed E-state index contributed by atoms with van der Waals surface area (Å²) in [6.45, 7) is 0. The van der Waals surface area contributed by atoms with Gasteiger partial charge >= 0.3 is 5.51 Å². The van der Waals surface area contributed by atoms with Gasteiger partial charge in [-0.05, 0) is 30.0 Å². The molecule has 1 aliphatic heterocycles. The first-order valence-corrected chi connectivity index (χ1v) is 7.75. The van der Waals surface area contributed by atoms with E-state index in [1.807, 2.05) is 5.32 Å². The van der Waals surface area contributed by atoms with Gasteiger partial charge in [-0.2, -0.15) is 13.2 Å². The van der Waals surface area contributed by atoms with E-state index < -0.39 is 34.6 Å². The van der Waals surface area contributed by atoms with E-state index in [2.05, 4.69) is 0 Å². The zero-order valence-corrected chi connectivity index (χ0v) is 13.6. The standard InChI is InChI=1S/C14H7ClF3N3O3S/c15-7-3-5(1-2-8(7)25-14(16,17)18)21-9(22)4-6-10(11(21)19)13(24)20-12(6)23/h1-4H,19H2,(H,20,23,24). The van der Waals surface area contributed by atoms with Crippen LogP contribution in [-0.2, 0) is 0 Å². The van der Waals surface area contributed by atoms with Crippen molar-refractivity contribution >= 4 is 41.0 Å². The Morgan fingerprint density at radius 2 is 1.80 bits per heavy atom. The maximum atomic E-state index is 12.5. The predicted octanol–water partition coefficient (Wildman–Crippen LogP) is 2.57. The van der Waals surface area contributed by atoms with Crippen LogP contribution < -0.4 is 16.6 Å². The Bertz CT molecular complexity index is 988. The number of nitrogen functional groups attached to an aromatic ring is 1. The van der Waals surface area contributed by atoms with Crippen LogP contribution in [-0.4, -0.2) is 21.9 Å². The largest absolute Gasteiger partial charge is 0.446 e. The van der Waals surface area contributed by atoms with Crippen LogP contribution in [0, 0.1) is 0 Å². The first-order chi connectivity index (χ1) is 11.6. The number of imide groups is 1. The van der Waals surface area contributed by atoms with Crippen LogP contribution in [0.3, 0.4) is 0 Å². The maximum absolute atomic E-state index is 12.5. The Balaban J connectivity index is 2.14. The maximum Gasteiger partial charge on any atom is 0.446 e. The van der Waals surface area contributed by atoms with Gasteiger partial charge in [0.15, 0.2) is 0 Å². The summed E-state index contributed by atoms with van der Waals surface area (Å²) < 4.78 is 38.3. The lowest BCUT2D eigenvalue weighted by Crippen LogP contribution is -2.24. The number of rotatable bonds is 2. The van der Waals surface area contributed by atoms with E-state index in [1.165, 1.54) is 6.07 Å². The van der Waals surface area contributed by atoms with Crippen molar-refractivity contribution in [1.29, 1.82) is 0 Å². The fourth-order valence-corrected chi connectivity index (χ4v) is 3.21. The second kappa shape index (κ2) is 5.81. The zero-order chi connectivity index (χ0) is 18.5. The van der Waals surface area contributed by atoms with Gasteiger partial charge in [0, 0.05) is 11.0 Å². The number of aromatic nitrogens is 1. The molecule has 6 nitrogen and oxygen atoms in total. The quantitative estimate of drug-likeness (QED) is 0.608. The average molecular weight is 390 g/mol. The molecule has 1 aromatic heterocycles. The molecule has 0 aliphatic carbocycles. The molecule has 3 N–H and O–H groups in total. The molecule has 130 valence electrons. The zero-order valence-electron chi connectivity index (χ0n) is 12.0. The van der Waals surface area contributed by atoms with Crippen LogP contribution >= 0.6 is 23.4 Å². The van der Waals surface area contributed by atoms with Crippen molar-refractivity contribution in [2.75, 3.05) is 5.73 Å². The highest BCUT2D eigenvalue weighted by molar-refractivity contribution is 8.00. The number of benzene rings is 1. The molecule has 0 atom stereocenters. The summed E-state index contributed by atoms with van der Waals surface area (Å²) in [5, 5.41) is 1.77. The third-order valence-corrected chi connectivity index (χ3v) is 4.58. The number of nitrogens with one attached hydrogen (secondary N) is 1. The molecule has 0 bridgehead atoms. The summed E-state index contributed by atoms with van der Waals surface area (Å²) in [6.07, 6.45) is 0. The molecule has 0 radical (unpaired) electrons. The lowest BCUT2D eigenvalue weighted by molar-refractivity contribution is -0.0328. The summed E-state index contributed by atoms with van der Waals surface area (Å²) in [6, 6.07) is 4.34. The molecule has 2 heterocycles. The van der Waals surface area contributed by atoms with E-state index in [0.717, 1.165) is 22.8 Å². The fraction of sp³-hybridized carbons (Fsp3) is 0.0714. The van der Waals surface area contributed by atoms with E-state index in [0.29, 0.717) is 0 Å². The second-order valence-electron chi connectivity index (χ2n) is 4.94. The molecule has 0 unspecified atom stereocenters. The van der Waals surface area contributed by atoms with Gasteiger partial charge in [-0.1, -0.05) is 11.6 Å². The number of pyridine rings is 1. The van der Waals surface area contributed by atoms with Gasteiger partial charge in [-0.25, -0.2) is 0 Å². The SMILES string of the molecule is Nc1c2c(cc(=O)n1-c1ccc(SC(F)(F)F)c(Cl)c1)C(=O)NC2=O. The molecule has 2 amide bonds. The van der Waals surface area contributed by atoms with Gasteiger partial charge in [-0.3, -0.25) is 24.3 Å². The minimum atomic E-state index is -4.52. The third-order valence-electron chi connectivity index (χ3n) is 3.35. The average Bonchev–Trinajstić information content (AvgIpc) is 2.75. The highest BCUT2D eigenvalue weighted by atomic mass is 35.5. The monoisotopic (exact) mass is 389 g/mol.